The minimum Gasteiger partial charge on any atom is -0.311 e. The van der Waals surface area contributed by atoms with Crippen molar-refractivity contribution in [2.24, 2.45) is 0 Å². The number of pyridine rings is 1. The second kappa shape index (κ2) is 5.28. The third kappa shape index (κ3) is 2.46. The Hall–Kier alpha value is -1.09. The van der Waals surface area contributed by atoms with Crippen molar-refractivity contribution in [2.75, 3.05) is 0 Å². The Morgan fingerprint density at radius 2 is 1.90 bits per heavy atom. The van der Waals surface area contributed by atoms with Crippen molar-refractivity contribution < 1.29 is 0 Å². The molecule has 108 valence electrons. The van der Waals surface area contributed by atoms with E-state index in [2.05, 4.69) is 16.4 Å². The van der Waals surface area contributed by atoms with E-state index in [0.29, 0.717) is 23.2 Å². The van der Waals surface area contributed by atoms with Gasteiger partial charge in [0.2, 0.25) is 0 Å². The molecule has 0 amide bonds. The van der Waals surface area contributed by atoms with Gasteiger partial charge in [-0.25, -0.2) is 4.98 Å². The summed E-state index contributed by atoms with van der Waals surface area (Å²) in [5, 5.41) is 4.97. The molecule has 2 aliphatic heterocycles. The zero-order chi connectivity index (χ0) is 14.4. The van der Waals surface area contributed by atoms with E-state index >= 15 is 0 Å². The molecule has 1 aromatic carbocycles. The number of rotatable bonds is 2. The molecule has 4 rings (SSSR count). The molecule has 2 aliphatic rings. The highest BCUT2D eigenvalue weighted by atomic mass is 35.5. The number of halogens is 2. The number of nitrogens with zero attached hydrogens (tertiary/aromatic N) is 1. The lowest BCUT2D eigenvalue weighted by molar-refractivity contribution is 0.505. The molecule has 1 N–H and O–H groups in total. The van der Waals surface area contributed by atoms with Crippen molar-refractivity contribution in [3.8, 4) is 11.1 Å². The van der Waals surface area contributed by atoms with Gasteiger partial charge in [-0.15, -0.1) is 0 Å². The summed E-state index contributed by atoms with van der Waals surface area (Å²) in [7, 11) is 0. The van der Waals surface area contributed by atoms with E-state index in [4.69, 9.17) is 23.2 Å². The summed E-state index contributed by atoms with van der Waals surface area (Å²) in [5.41, 5.74) is 3.35. The molecule has 0 radical (unpaired) electrons. The Balaban J connectivity index is 1.71. The highest BCUT2D eigenvalue weighted by molar-refractivity contribution is 6.32. The molecule has 3 atom stereocenters. The molecule has 1 aromatic heterocycles. The van der Waals surface area contributed by atoms with Gasteiger partial charge in [-0.05, 0) is 48.6 Å². The molecular formula is C17H16Cl2N2. The van der Waals surface area contributed by atoms with Crippen molar-refractivity contribution in [1.29, 1.82) is 0 Å². The van der Waals surface area contributed by atoms with Gasteiger partial charge in [-0.3, -0.25) is 0 Å². The van der Waals surface area contributed by atoms with Crippen LogP contribution in [0.15, 0.2) is 36.5 Å². The van der Waals surface area contributed by atoms with Crippen LogP contribution in [0.25, 0.3) is 11.1 Å². The summed E-state index contributed by atoms with van der Waals surface area (Å²) in [6, 6.07) is 11.3. The monoisotopic (exact) mass is 318 g/mol. The van der Waals surface area contributed by atoms with Crippen LogP contribution in [0, 0.1) is 0 Å². The van der Waals surface area contributed by atoms with Gasteiger partial charge in [0.15, 0.2) is 0 Å². The van der Waals surface area contributed by atoms with Crippen LogP contribution >= 0.6 is 23.2 Å². The first-order valence-electron chi connectivity index (χ1n) is 7.38. The fraction of sp³-hybridized carbons (Fsp3) is 0.353. The molecule has 3 unspecified atom stereocenters. The van der Waals surface area contributed by atoms with E-state index in [-0.39, 0.29) is 0 Å². The van der Waals surface area contributed by atoms with Crippen molar-refractivity contribution in [3.05, 3.63) is 52.3 Å². The molecular weight excluding hydrogens is 303 g/mol. The zero-order valence-corrected chi connectivity index (χ0v) is 13.0. The predicted molar refractivity (Wildman–Crippen MR) is 87.0 cm³/mol. The molecule has 2 aromatic rings. The van der Waals surface area contributed by atoms with E-state index in [1.165, 1.54) is 24.8 Å². The highest BCUT2D eigenvalue weighted by Crippen LogP contribution is 2.41. The molecule has 2 fully saturated rings. The van der Waals surface area contributed by atoms with Gasteiger partial charge in [0.25, 0.3) is 0 Å². The van der Waals surface area contributed by atoms with Gasteiger partial charge < -0.3 is 5.32 Å². The second-order valence-electron chi connectivity index (χ2n) is 6.00. The van der Waals surface area contributed by atoms with Gasteiger partial charge in [0.05, 0.1) is 0 Å². The maximum atomic E-state index is 6.30. The van der Waals surface area contributed by atoms with Crippen LogP contribution in [0.5, 0.6) is 0 Å². The lowest BCUT2D eigenvalue weighted by atomic mass is 9.84. The Labute approximate surface area is 134 Å². The molecule has 0 spiro atoms. The summed E-state index contributed by atoms with van der Waals surface area (Å²) >= 11 is 12.3. The van der Waals surface area contributed by atoms with E-state index in [1.54, 1.807) is 0 Å². The minimum absolute atomic E-state index is 0.553. The Morgan fingerprint density at radius 1 is 1.10 bits per heavy atom. The van der Waals surface area contributed by atoms with Crippen LogP contribution in [-0.2, 0) is 0 Å². The van der Waals surface area contributed by atoms with Gasteiger partial charge in [-0.2, -0.15) is 0 Å². The van der Waals surface area contributed by atoms with Crippen molar-refractivity contribution in [2.45, 2.75) is 37.3 Å². The number of hydrogen-bond acceptors (Lipinski definition) is 2. The summed E-state index contributed by atoms with van der Waals surface area (Å²) < 4.78 is 0. The highest BCUT2D eigenvalue weighted by Gasteiger charge is 2.39. The van der Waals surface area contributed by atoms with E-state index in [0.717, 1.165) is 16.1 Å². The lowest BCUT2D eigenvalue weighted by Crippen LogP contribution is -2.21. The molecule has 0 aliphatic carbocycles. The summed E-state index contributed by atoms with van der Waals surface area (Å²) in [6.07, 6.45) is 5.74. The summed E-state index contributed by atoms with van der Waals surface area (Å²) in [5.74, 6) is 0.569. The summed E-state index contributed by atoms with van der Waals surface area (Å²) in [6.45, 7) is 0. The van der Waals surface area contributed by atoms with Gasteiger partial charge in [-0.1, -0.05) is 35.3 Å². The maximum absolute atomic E-state index is 6.30. The molecule has 2 saturated heterocycles. The first-order valence-corrected chi connectivity index (χ1v) is 8.14. The van der Waals surface area contributed by atoms with Crippen LogP contribution in [-0.4, -0.2) is 17.1 Å². The molecule has 0 saturated carbocycles. The standard InChI is InChI=1S/C17H16Cl2N2/c18-12-3-1-10(2-4-12)15-7-11(9-20-17(15)19)14-8-13-5-6-16(14)21-13/h1-4,7,9,13-14,16,21H,5-6,8H2. The molecule has 2 bridgehead atoms. The first-order chi connectivity index (χ1) is 10.2. The van der Waals surface area contributed by atoms with Gasteiger partial charge in [0, 0.05) is 34.8 Å². The maximum Gasteiger partial charge on any atom is 0.136 e. The molecule has 2 nitrogen and oxygen atoms in total. The number of benzene rings is 1. The predicted octanol–water partition coefficient (Wildman–Crippen LogP) is 4.66. The van der Waals surface area contributed by atoms with E-state index in [9.17, 15) is 0 Å². The van der Waals surface area contributed by atoms with Crippen LogP contribution in [0.2, 0.25) is 10.2 Å². The molecule has 4 heteroatoms. The average molecular weight is 319 g/mol. The Bertz CT molecular complexity index is 669. The number of aromatic nitrogens is 1. The average Bonchev–Trinajstić information content (AvgIpc) is 3.12. The van der Waals surface area contributed by atoms with E-state index in [1.807, 2.05) is 30.5 Å². The van der Waals surface area contributed by atoms with Crippen molar-refractivity contribution >= 4 is 23.2 Å². The Kier molecular flexibility index (Phi) is 3.41. The van der Waals surface area contributed by atoms with Crippen LogP contribution in [0.4, 0.5) is 0 Å². The smallest absolute Gasteiger partial charge is 0.136 e. The topological polar surface area (TPSA) is 24.9 Å². The van der Waals surface area contributed by atoms with Crippen LogP contribution in [0.1, 0.15) is 30.7 Å². The SMILES string of the molecule is Clc1ccc(-c2cc(C3CC4CCC3N4)cnc2Cl)cc1. The minimum atomic E-state index is 0.553. The lowest BCUT2D eigenvalue weighted by Gasteiger charge is -2.21. The second-order valence-corrected chi connectivity index (χ2v) is 6.80. The summed E-state index contributed by atoms with van der Waals surface area (Å²) in [4.78, 5) is 4.41. The fourth-order valence-electron chi connectivity index (χ4n) is 3.69. The van der Waals surface area contributed by atoms with Gasteiger partial charge >= 0.3 is 0 Å². The van der Waals surface area contributed by atoms with Crippen LogP contribution < -0.4 is 5.32 Å². The largest absolute Gasteiger partial charge is 0.311 e. The first kappa shape index (κ1) is 13.6. The van der Waals surface area contributed by atoms with Gasteiger partial charge in [0.1, 0.15) is 5.15 Å². The number of hydrogen-bond donors (Lipinski definition) is 1. The van der Waals surface area contributed by atoms with Crippen molar-refractivity contribution in [3.63, 3.8) is 0 Å². The van der Waals surface area contributed by atoms with E-state index < -0.39 is 0 Å². The van der Waals surface area contributed by atoms with Crippen LogP contribution in [0.3, 0.4) is 0 Å². The normalized spacial score (nSPS) is 27.2. The quantitative estimate of drug-likeness (QED) is 0.814. The fourth-order valence-corrected chi connectivity index (χ4v) is 4.03. The number of nitrogens with one attached hydrogen (secondary N) is 1. The zero-order valence-electron chi connectivity index (χ0n) is 11.5. The number of fused-ring (bicyclic) bond motifs is 2. The Morgan fingerprint density at radius 3 is 2.57 bits per heavy atom. The third-order valence-corrected chi connectivity index (χ3v) is 5.30. The molecule has 21 heavy (non-hydrogen) atoms. The van der Waals surface area contributed by atoms with Crippen molar-refractivity contribution in [1.82, 2.24) is 10.3 Å². The third-order valence-electron chi connectivity index (χ3n) is 4.74. The molecule has 3 heterocycles.